The first-order valence-corrected chi connectivity index (χ1v) is 8.85. The zero-order valence-electron chi connectivity index (χ0n) is 13.0. The predicted molar refractivity (Wildman–Crippen MR) is 95.3 cm³/mol. The van der Waals surface area contributed by atoms with Crippen molar-refractivity contribution in [3.63, 3.8) is 0 Å². The summed E-state index contributed by atoms with van der Waals surface area (Å²) in [6, 6.07) is 11.0. The Kier molecular flexibility index (Phi) is 3.82. The van der Waals surface area contributed by atoms with Gasteiger partial charge >= 0.3 is 5.97 Å². The number of aromatic carboxylic acids is 1. The lowest BCUT2D eigenvalue weighted by atomic mass is 10.1. The van der Waals surface area contributed by atoms with E-state index < -0.39 is 5.97 Å². The maximum atomic E-state index is 11.1. The van der Waals surface area contributed by atoms with Gasteiger partial charge in [-0.2, -0.15) is 5.10 Å². The standard InChI is InChI=1S/C18H17N3O2S/c22-18(23)12-6-8-13(9-7-12)21-17-14(4-1-2-10-19-17)16(20-21)15-5-3-11-24-15/h3,5-9,11,19H,1-2,4,10H2,(H,22,23). The van der Waals surface area contributed by atoms with E-state index in [0.29, 0.717) is 0 Å². The largest absolute Gasteiger partial charge is 0.478 e. The minimum atomic E-state index is -0.918. The van der Waals surface area contributed by atoms with Crippen LogP contribution in [0.4, 0.5) is 5.82 Å². The molecule has 0 atom stereocenters. The Morgan fingerprint density at radius 3 is 2.75 bits per heavy atom. The highest BCUT2D eigenvalue weighted by Gasteiger charge is 2.22. The average Bonchev–Trinajstić information content (AvgIpc) is 3.17. The van der Waals surface area contributed by atoms with Crippen molar-refractivity contribution in [1.29, 1.82) is 0 Å². The molecule has 0 bridgehead atoms. The molecule has 122 valence electrons. The Labute approximate surface area is 143 Å². The van der Waals surface area contributed by atoms with Crippen molar-refractivity contribution in [2.75, 3.05) is 11.9 Å². The van der Waals surface area contributed by atoms with Gasteiger partial charge in [0.05, 0.1) is 16.1 Å². The zero-order chi connectivity index (χ0) is 16.5. The number of rotatable bonds is 3. The Hall–Kier alpha value is -2.60. The number of carboxylic acid groups (broad SMARTS) is 1. The topological polar surface area (TPSA) is 67.1 Å². The van der Waals surface area contributed by atoms with Gasteiger partial charge in [0.2, 0.25) is 0 Å². The van der Waals surface area contributed by atoms with Crippen LogP contribution < -0.4 is 5.32 Å². The maximum absolute atomic E-state index is 11.1. The third-order valence-corrected chi connectivity index (χ3v) is 5.12. The molecule has 3 aromatic rings. The number of carbonyl (C=O) groups is 1. The van der Waals surface area contributed by atoms with Crippen LogP contribution in [0, 0.1) is 0 Å². The van der Waals surface area contributed by atoms with E-state index in [1.807, 2.05) is 22.9 Å². The lowest BCUT2D eigenvalue weighted by Crippen LogP contribution is -2.07. The Morgan fingerprint density at radius 2 is 2.04 bits per heavy atom. The molecule has 1 aromatic carbocycles. The van der Waals surface area contributed by atoms with Gasteiger partial charge in [-0.15, -0.1) is 11.3 Å². The summed E-state index contributed by atoms with van der Waals surface area (Å²) < 4.78 is 1.90. The van der Waals surface area contributed by atoms with Crippen LogP contribution in [-0.4, -0.2) is 27.4 Å². The molecule has 0 saturated carbocycles. The molecule has 5 nitrogen and oxygen atoms in total. The second-order valence-corrected chi connectivity index (χ2v) is 6.75. The smallest absolute Gasteiger partial charge is 0.335 e. The summed E-state index contributed by atoms with van der Waals surface area (Å²) in [6.45, 7) is 0.926. The molecule has 0 amide bonds. The number of carboxylic acids is 1. The van der Waals surface area contributed by atoms with Crippen molar-refractivity contribution in [2.45, 2.75) is 19.3 Å². The van der Waals surface area contributed by atoms with Crippen molar-refractivity contribution in [3.8, 4) is 16.3 Å². The molecule has 6 heteroatoms. The Balaban J connectivity index is 1.84. The summed E-state index contributed by atoms with van der Waals surface area (Å²) in [6.07, 6.45) is 3.28. The third kappa shape index (κ3) is 2.59. The summed E-state index contributed by atoms with van der Waals surface area (Å²) in [4.78, 5) is 12.2. The number of nitrogens with zero attached hydrogens (tertiary/aromatic N) is 2. The average molecular weight is 339 g/mol. The molecule has 0 aliphatic carbocycles. The van der Waals surface area contributed by atoms with Gasteiger partial charge in [0.15, 0.2) is 0 Å². The molecule has 0 radical (unpaired) electrons. The molecule has 0 unspecified atom stereocenters. The van der Waals surface area contributed by atoms with E-state index in [2.05, 4.69) is 16.8 Å². The van der Waals surface area contributed by atoms with E-state index in [1.54, 1.807) is 23.5 Å². The van der Waals surface area contributed by atoms with E-state index in [0.717, 1.165) is 47.9 Å². The molecule has 0 saturated heterocycles. The first-order valence-electron chi connectivity index (χ1n) is 7.97. The van der Waals surface area contributed by atoms with Gasteiger partial charge in [0.1, 0.15) is 11.5 Å². The first kappa shape index (κ1) is 15.0. The molecule has 0 spiro atoms. The number of benzene rings is 1. The van der Waals surface area contributed by atoms with Crippen LogP contribution in [0.1, 0.15) is 28.8 Å². The minimum Gasteiger partial charge on any atom is -0.478 e. The van der Waals surface area contributed by atoms with Crippen LogP contribution in [0.5, 0.6) is 0 Å². The summed E-state index contributed by atoms with van der Waals surface area (Å²) in [5.41, 5.74) is 3.42. The lowest BCUT2D eigenvalue weighted by molar-refractivity contribution is 0.0697. The van der Waals surface area contributed by atoms with E-state index in [9.17, 15) is 4.79 Å². The fraction of sp³-hybridized carbons (Fsp3) is 0.222. The second kappa shape index (κ2) is 6.13. The fourth-order valence-electron chi connectivity index (χ4n) is 3.05. The number of anilines is 1. The summed E-state index contributed by atoms with van der Waals surface area (Å²) in [5.74, 6) is 0.109. The SMILES string of the molecule is O=C(O)c1ccc(-n2nc(-c3cccs3)c3c2NCCCC3)cc1. The molecular weight excluding hydrogens is 322 g/mol. The molecule has 2 aromatic heterocycles. The number of aromatic nitrogens is 2. The van der Waals surface area contributed by atoms with Crippen molar-refractivity contribution >= 4 is 23.1 Å². The normalized spacial score (nSPS) is 13.8. The van der Waals surface area contributed by atoms with E-state index in [-0.39, 0.29) is 5.56 Å². The molecule has 1 aliphatic heterocycles. The molecule has 1 aliphatic rings. The number of hydrogen-bond acceptors (Lipinski definition) is 4. The summed E-state index contributed by atoms with van der Waals surface area (Å²) in [5, 5.41) is 19.5. The molecular formula is C18H17N3O2S. The van der Waals surface area contributed by atoms with Gasteiger partial charge in [-0.25, -0.2) is 9.48 Å². The quantitative estimate of drug-likeness (QED) is 0.755. The minimum absolute atomic E-state index is 0.281. The molecule has 3 heterocycles. The molecule has 2 N–H and O–H groups in total. The molecule has 24 heavy (non-hydrogen) atoms. The first-order chi connectivity index (χ1) is 11.7. The van der Waals surface area contributed by atoms with E-state index in [1.165, 1.54) is 5.56 Å². The van der Waals surface area contributed by atoms with E-state index >= 15 is 0 Å². The van der Waals surface area contributed by atoms with Crippen LogP contribution in [0.2, 0.25) is 0 Å². The van der Waals surface area contributed by atoms with Gasteiger partial charge in [-0.3, -0.25) is 0 Å². The van der Waals surface area contributed by atoms with Crippen molar-refractivity contribution in [1.82, 2.24) is 9.78 Å². The van der Waals surface area contributed by atoms with Crippen LogP contribution >= 0.6 is 11.3 Å². The highest BCUT2D eigenvalue weighted by molar-refractivity contribution is 7.13. The molecule has 4 rings (SSSR count). The summed E-state index contributed by atoms with van der Waals surface area (Å²) >= 11 is 1.69. The maximum Gasteiger partial charge on any atom is 0.335 e. The van der Waals surface area contributed by atoms with Crippen molar-refractivity contribution < 1.29 is 9.90 Å². The number of nitrogens with one attached hydrogen (secondary N) is 1. The van der Waals surface area contributed by atoms with Crippen LogP contribution in [0.15, 0.2) is 41.8 Å². The van der Waals surface area contributed by atoms with Crippen molar-refractivity contribution in [3.05, 3.63) is 52.9 Å². The zero-order valence-corrected chi connectivity index (χ0v) is 13.8. The van der Waals surface area contributed by atoms with Crippen LogP contribution in [-0.2, 0) is 6.42 Å². The summed E-state index contributed by atoms with van der Waals surface area (Å²) in [7, 11) is 0. The number of thiophene rings is 1. The van der Waals surface area contributed by atoms with Crippen molar-refractivity contribution in [2.24, 2.45) is 0 Å². The second-order valence-electron chi connectivity index (χ2n) is 5.80. The van der Waals surface area contributed by atoms with Gasteiger partial charge in [-0.05, 0) is 55.0 Å². The fourth-order valence-corrected chi connectivity index (χ4v) is 3.78. The third-order valence-electron chi connectivity index (χ3n) is 4.24. The van der Waals surface area contributed by atoms with Crippen LogP contribution in [0.3, 0.4) is 0 Å². The number of fused-ring (bicyclic) bond motifs is 1. The Morgan fingerprint density at radius 1 is 1.21 bits per heavy atom. The predicted octanol–water partition coefficient (Wildman–Crippen LogP) is 4.05. The highest BCUT2D eigenvalue weighted by atomic mass is 32.1. The van der Waals surface area contributed by atoms with E-state index in [4.69, 9.17) is 10.2 Å². The number of hydrogen-bond donors (Lipinski definition) is 2. The van der Waals surface area contributed by atoms with Gasteiger partial charge in [0, 0.05) is 12.1 Å². The monoisotopic (exact) mass is 339 g/mol. The molecule has 0 fully saturated rings. The lowest BCUT2D eigenvalue weighted by Gasteiger charge is -2.09. The Bertz CT molecular complexity index is 867. The van der Waals surface area contributed by atoms with Gasteiger partial charge in [-0.1, -0.05) is 6.07 Å². The van der Waals surface area contributed by atoms with Crippen LogP contribution in [0.25, 0.3) is 16.3 Å². The highest BCUT2D eigenvalue weighted by Crippen LogP contribution is 2.35. The van der Waals surface area contributed by atoms with Gasteiger partial charge < -0.3 is 10.4 Å². The van der Waals surface area contributed by atoms with Gasteiger partial charge in [0.25, 0.3) is 0 Å².